The first-order chi connectivity index (χ1) is 41.7. The van der Waals surface area contributed by atoms with Crippen molar-refractivity contribution in [2.24, 2.45) is 0 Å². The molecule has 1 rings (SSSR count). The fourth-order valence-electron chi connectivity index (χ4n) is 10.7. The number of ether oxygens (including phenoxy) is 3. The Hall–Kier alpha value is -3.16. The molecule has 0 radical (unpaired) electrons. The maximum absolute atomic E-state index is 13.0. The summed E-state index contributed by atoms with van der Waals surface area (Å²) < 4.78 is 16.7. The fourth-order valence-corrected chi connectivity index (χ4v) is 10.7. The average Bonchev–Trinajstić information content (AvgIpc) is 3.64. The van der Waals surface area contributed by atoms with Crippen molar-refractivity contribution in [3.63, 3.8) is 0 Å². The number of unbranched alkanes of at least 4 members (excludes halogenated alkanes) is 35. The zero-order valence-corrected chi connectivity index (χ0v) is 54.5. The van der Waals surface area contributed by atoms with E-state index in [1.54, 1.807) is 6.08 Å². The summed E-state index contributed by atoms with van der Waals surface area (Å²) in [5.41, 5.74) is 0. The van der Waals surface area contributed by atoms with Crippen LogP contribution in [0.15, 0.2) is 85.1 Å². The summed E-state index contributed by atoms with van der Waals surface area (Å²) in [6, 6.07) is -0.836. The highest BCUT2D eigenvalue weighted by atomic mass is 16.7. The van der Waals surface area contributed by atoms with Gasteiger partial charge in [-0.1, -0.05) is 266 Å². The van der Waals surface area contributed by atoms with E-state index in [2.05, 4.69) is 92.1 Å². The first kappa shape index (κ1) is 79.9. The van der Waals surface area contributed by atoms with E-state index in [-0.39, 0.29) is 18.5 Å². The largest absolute Gasteiger partial charge is 0.466 e. The van der Waals surface area contributed by atoms with Crippen LogP contribution < -0.4 is 5.32 Å². The summed E-state index contributed by atoms with van der Waals surface area (Å²) in [6.45, 7) is 4.19. The Labute approximate surface area is 521 Å². The van der Waals surface area contributed by atoms with Gasteiger partial charge in [0.2, 0.25) is 5.91 Å². The van der Waals surface area contributed by atoms with Crippen molar-refractivity contribution in [1.82, 2.24) is 5.32 Å². The second kappa shape index (κ2) is 62.4. The van der Waals surface area contributed by atoms with Crippen molar-refractivity contribution in [3.8, 4) is 0 Å². The lowest BCUT2D eigenvalue weighted by Crippen LogP contribution is -2.60. The van der Waals surface area contributed by atoms with Crippen LogP contribution >= 0.6 is 0 Å². The van der Waals surface area contributed by atoms with Gasteiger partial charge >= 0.3 is 5.97 Å². The molecule has 0 aromatic heterocycles. The molecule has 1 aliphatic heterocycles. The van der Waals surface area contributed by atoms with Crippen LogP contribution in [0.3, 0.4) is 0 Å². The van der Waals surface area contributed by atoms with E-state index in [1.807, 2.05) is 6.08 Å². The zero-order chi connectivity index (χ0) is 61.6. The van der Waals surface area contributed by atoms with Crippen LogP contribution in [0.4, 0.5) is 0 Å². The monoisotopic (exact) mass is 1190 g/mol. The minimum Gasteiger partial charge on any atom is -0.466 e. The molecule has 1 saturated heterocycles. The van der Waals surface area contributed by atoms with Crippen LogP contribution in [0.2, 0.25) is 0 Å². The highest BCUT2D eigenvalue weighted by Crippen LogP contribution is 2.23. The number of esters is 1. The second-order valence-corrected chi connectivity index (χ2v) is 24.2. The maximum atomic E-state index is 13.0. The zero-order valence-electron chi connectivity index (χ0n) is 54.5. The van der Waals surface area contributed by atoms with E-state index >= 15 is 0 Å². The third-order valence-electron chi connectivity index (χ3n) is 16.2. The third-order valence-corrected chi connectivity index (χ3v) is 16.2. The molecule has 11 nitrogen and oxygen atoms in total. The second-order valence-electron chi connectivity index (χ2n) is 24.2. The van der Waals surface area contributed by atoms with Crippen LogP contribution in [0.5, 0.6) is 0 Å². The lowest BCUT2D eigenvalue weighted by Gasteiger charge is -2.40. The smallest absolute Gasteiger partial charge is 0.305 e. The van der Waals surface area contributed by atoms with Crippen LogP contribution in [0.25, 0.3) is 0 Å². The molecule has 0 aliphatic carbocycles. The number of aliphatic hydroxyl groups excluding tert-OH is 5. The Morgan fingerprint density at radius 3 is 1.28 bits per heavy atom. The van der Waals surface area contributed by atoms with Gasteiger partial charge < -0.3 is 45.1 Å². The van der Waals surface area contributed by atoms with Crippen molar-refractivity contribution in [2.45, 2.75) is 352 Å². The predicted molar refractivity (Wildman–Crippen MR) is 356 cm³/mol. The van der Waals surface area contributed by atoms with Crippen molar-refractivity contribution in [2.75, 3.05) is 19.8 Å². The quantitative estimate of drug-likeness (QED) is 0.0195. The Balaban J connectivity index is 1.94. The molecule has 6 N–H and O–H groups in total. The average molecular weight is 1190 g/mol. The van der Waals surface area contributed by atoms with Gasteiger partial charge in [-0.15, -0.1) is 0 Å². The van der Waals surface area contributed by atoms with E-state index in [0.29, 0.717) is 19.4 Å². The van der Waals surface area contributed by atoms with Gasteiger partial charge in [0.05, 0.1) is 32.0 Å². The summed E-state index contributed by atoms with van der Waals surface area (Å²) in [4.78, 5) is 25.1. The number of hydrogen-bond donors (Lipinski definition) is 6. The minimum absolute atomic E-state index is 0.00524. The number of carbonyl (C=O) groups is 2. The van der Waals surface area contributed by atoms with Gasteiger partial charge in [0, 0.05) is 12.8 Å². The molecule has 0 spiro atoms. The van der Waals surface area contributed by atoms with Gasteiger partial charge in [-0.25, -0.2) is 0 Å². The first-order valence-corrected chi connectivity index (χ1v) is 35.4. The minimum atomic E-state index is -1.58. The highest BCUT2D eigenvalue weighted by molar-refractivity contribution is 5.76. The summed E-state index contributed by atoms with van der Waals surface area (Å²) in [7, 11) is 0. The summed E-state index contributed by atoms with van der Waals surface area (Å²) >= 11 is 0. The van der Waals surface area contributed by atoms with Crippen LogP contribution in [-0.4, -0.2) is 100 Å². The lowest BCUT2D eigenvalue weighted by atomic mass is 9.99. The van der Waals surface area contributed by atoms with Crippen molar-refractivity contribution >= 4 is 11.9 Å². The molecule has 7 unspecified atom stereocenters. The Bertz CT molecular complexity index is 1690. The van der Waals surface area contributed by atoms with E-state index in [4.69, 9.17) is 14.2 Å². The van der Waals surface area contributed by atoms with Crippen molar-refractivity contribution in [3.05, 3.63) is 85.1 Å². The number of aliphatic hydroxyl groups is 5. The van der Waals surface area contributed by atoms with Crippen molar-refractivity contribution in [1.29, 1.82) is 0 Å². The standard InChI is InChI=1S/C74H131NO10/c1-3-5-7-9-11-13-15-16-17-18-33-36-39-42-46-50-54-58-62-70(79)83-63-59-55-51-47-43-40-37-34-31-29-27-25-23-21-19-20-22-24-26-28-30-32-35-38-41-45-49-53-57-61-69(78)75-66(65-84-74-73(82)72(81)71(80)68(64-76)85-74)67(77)60-56-52-48-44-14-12-10-8-6-4-2/h6,8,13-15,17-19,21,25,27,44,56,60,66-68,71-74,76-77,80-82H,3-5,7,9-12,16,20,22-24,26,28-43,45-55,57-59,61-65H2,1-2H3,(H,75,78)/b8-6+,15-13-,18-17-,21-19-,27-25-,44-14+,60-56+. The van der Waals surface area contributed by atoms with Gasteiger partial charge in [0.15, 0.2) is 6.29 Å². The maximum Gasteiger partial charge on any atom is 0.305 e. The summed E-state index contributed by atoms with van der Waals surface area (Å²) in [5.74, 6) is -0.206. The molecule has 1 aliphatic rings. The number of hydrogen-bond acceptors (Lipinski definition) is 10. The number of allylic oxidation sites excluding steroid dienone is 13. The molecule has 0 aromatic rings. The number of amides is 1. The van der Waals surface area contributed by atoms with Gasteiger partial charge in [-0.3, -0.25) is 9.59 Å². The van der Waals surface area contributed by atoms with Crippen LogP contribution in [0.1, 0.15) is 309 Å². The van der Waals surface area contributed by atoms with Gasteiger partial charge in [-0.05, 0) is 116 Å². The molecule has 85 heavy (non-hydrogen) atoms. The fraction of sp³-hybridized carbons (Fsp3) is 0.784. The van der Waals surface area contributed by atoms with Crippen LogP contribution in [0, 0.1) is 0 Å². The normalized spacial score (nSPS) is 18.5. The van der Waals surface area contributed by atoms with Gasteiger partial charge in [-0.2, -0.15) is 0 Å². The molecule has 1 amide bonds. The van der Waals surface area contributed by atoms with Gasteiger partial charge in [0.25, 0.3) is 0 Å². The van der Waals surface area contributed by atoms with E-state index < -0.39 is 49.5 Å². The molecule has 1 heterocycles. The number of nitrogens with one attached hydrogen (secondary N) is 1. The van der Waals surface area contributed by atoms with Crippen LogP contribution in [-0.2, 0) is 23.8 Å². The van der Waals surface area contributed by atoms with Gasteiger partial charge in [0.1, 0.15) is 24.4 Å². The summed E-state index contributed by atoms with van der Waals surface area (Å²) in [6.07, 6.45) is 75.9. The van der Waals surface area contributed by atoms with E-state index in [9.17, 15) is 35.1 Å². The number of carbonyl (C=O) groups excluding carboxylic acids is 2. The first-order valence-electron chi connectivity index (χ1n) is 35.4. The Kier molecular flexibility index (Phi) is 58.7. The third kappa shape index (κ3) is 51.4. The lowest BCUT2D eigenvalue weighted by molar-refractivity contribution is -0.302. The number of rotatable bonds is 61. The Morgan fingerprint density at radius 2 is 0.835 bits per heavy atom. The Morgan fingerprint density at radius 1 is 0.447 bits per heavy atom. The molecular formula is C74H131NO10. The molecule has 0 aromatic carbocycles. The molecule has 11 heteroatoms. The van der Waals surface area contributed by atoms with Crippen molar-refractivity contribution < 1.29 is 49.3 Å². The molecule has 492 valence electrons. The summed E-state index contributed by atoms with van der Waals surface area (Å²) in [5, 5.41) is 54.3. The molecule has 0 bridgehead atoms. The molecule has 7 atom stereocenters. The van der Waals surface area contributed by atoms with E-state index in [0.717, 1.165) is 83.5 Å². The molecular weight excluding hydrogens is 1060 g/mol. The SMILES string of the molecule is CC/C=C/CC/C=C/CC/C=C/C(O)C(COC1OC(CO)C(O)C(O)C1O)NC(=O)CCCCCCCCCCCCCCC/C=C\C/C=C\CCCCCCCCCCCOC(=O)CCCCCCCCC/C=C\C/C=C\CCCCCC. The highest BCUT2D eigenvalue weighted by Gasteiger charge is 2.44. The molecule has 1 fully saturated rings. The topological polar surface area (TPSA) is 175 Å². The van der Waals surface area contributed by atoms with E-state index in [1.165, 1.54) is 199 Å². The predicted octanol–water partition coefficient (Wildman–Crippen LogP) is 18.1. The molecule has 0 saturated carbocycles.